The van der Waals surface area contributed by atoms with Crippen molar-refractivity contribution >= 4 is 71.3 Å². The van der Waals surface area contributed by atoms with Crippen molar-refractivity contribution in [3.63, 3.8) is 0 Å². The van der Waals surface area contributed by atoms with Crippen LogP contribution in [0.5, 0.6) is 0 Å². The van der Waals surface area contributed by atoms with E-state index in [9.17, 15) is 11.0 Å². The van der Waals surface area contributed by atoms with Gasteiger partial charge in [0.15, 0.2) is 0 Å². The fraction of sp³-hybridized carbons (Fsp3) is 0. The molecule has 0 aliphatic rings. The second-order valence-electron chi connectivity index (χ2n) is 15.4. The van der Waals surface area contributed by atoms with Crippen molar-refractivity contribution in [1.82, 2.24) is 0 Å². The lowest BCUT2D eigenvalue weighted by Gasteiger charge is -2.28. The van der Waals surface area contributed by atoms with Gasteiger partial charge < -0.3 is 9.32 Å². The third kappa shape index (κ3) is 6.04. The van der Waals surface area contributed by atoms with Gasteiger partial charge in [0.1, 0.15) is 11.2 Å². The summed E-state index contributed by atoms with van der Waals surface area (Å²) in [6, 6.07) is 56.8. The predicted molar refractivity (Wildman–Crippen MR) is 263 cm³/mol. The molecule has 11 aromatic carbocycles. The van der Waals surface area contributed by atoms with Crippen LogP contribution in [-0.4, -0.2) is 0 Å². The zero-order valence-electron chi connectivity index (χ0n) is 41.3. The Kier molecular flexibility index (Phi) is 6.76. The highest BCUT2D eigenvalue weighted by atomic mass is 16.3. The van der Waals surface area contributed by atoms with Gasteiger partial charge in [0.25, 0.3) is 0 Å². The molecule has 0 fully saturated rings. The highest BCUT2D eigenvalue weighted by Crippen LogP contribution is 2.46. The van der Waals surface area contributed by atoms with E-state index in [1.807, 2.05) is 158 Å². The Bertz CT molecular complexity index is 4070. The van der Waals surface area contributed by atoms with Gasteiger partial charge in [0.05, 0.1) is 16.7 Å². The summed E-state index contributed by atoms with van der Waals surface area (Å²) < 4.78 is 84.9. The maximum absolute atomic E-state index is 9.88. The Morgan fingerprint density at radius 1 is 0.306 bits per heavy atom. The van der Waals surface area contributed by atoms with Gasteiger partial charge in [-0.15, -0.1) is 0 Å². The van der Waals surface area contributed by atoms with Gasteiger partial charge in [-0.25, -0.2) is 0 Å². The maximum atomic E-state index is 9.88. The minimum absolute atomic E-state index is 0.0826. The number of anilines is 3. The fourth-order valence-corrected chi connectivity index (χ4v) is 8.86. The predicted octanol–water partition coefficient (Wildman–Crippen LogP) is 17.2. The van der Waals surface area contributed by atoms with Crippen molar-refractivity contribution in [3.8, 4) is 44.5 Å². The topological polar surface area (TPSA) is 16.4 Å². The second-order valence-corrected chi connectivity index (χ2v) is 15.4. The van der Waals surface area contributed by atoms with Crippen LogP contribution in [0.2, 0.25) is 0 Å². The van der Waals surface area contributed by atoms with Crippen LogP contribution in [-0.2, 0) is 0 Å². The number of nitrogens with zero attached hydrogens (tertiary/aromatic N) is 1. The summed E-state index contributed by atoms with van der Waals surface area (Å²) in [6.45, 7) is 0. The molecule has 0 aliphatic heterocycles. The molecule has 0 saturated carbocycles. The molecule has 1 heterocycles. The van der Waals surface area contributed by atoms with Crippen molar-refractivity contribution in [1.29, 1.82) is 0 Å². The first-order valence-electron chi connectivity index (χ1n) is 24.6. The van der Waals surface area contributed by atoms with E-state index in [-0.39, 0.29) is 46.7 Å². The first-order chi connectivity index (χ1) is 34.1. The molecule has 290 valence electrons. The standard InChI is InChI=1S/C60H39NO/c1-4-20-49-41(13-1)16-10-24-51(49)44-31-36-48(37-32-44)61(47-34-29-40(30-35-47)45-18-9-19-46(39-45)52-25-11-17-42-14-2-5-21-50(42)52)58-28-8-7-23-54(58)55-26-12-27-56-57-38-33-43-15-3-6-22-53(43)59(57)62-60(55)56/h1-39H/i29D,30D,31D,32D,34D,35D,36D,37D. The minimum atomic E-state index is -0.426. The van der Waals surface area contributed by atoms with Crippen molar-refractivity contribution in [2.75, 3.05) is 4.90 Å². The summed E-state index contributed by atoms with van der Waals surface area (Å²) >= 11 is 0. The fourth-order valence-electron chi connectivity index (χ4n) is 8.86. The van der Waals surface area contributed by atoms with Crippen molar-refractivity contribution in [3.05, 3.63) is 236 Å². The number of furan rings is 1. The highest BCUT2D eigenvalue weighted by Gasteiger charge is 2.21. The molecule has 0 aliphatic carbocycles. The van der Waals surface area contributed by atoms with E-state index in [0.29, 0.717) is 39.1 Å². The first-order valence-corrected chi connectivity index (χ1v) is 20.6. The van der Waals surface area contributed by atoms with Gasteiger partial charge >= 0.3 is 0 Å². The lowest BCUT2D eigenvalue weighted by molar-refractivity contribution is 0.674. The second kappa shape index (κ2) is 14.8. The van der Waals surface area contributed by atoms with E-state index >= 15 is 0 Å². The lowest BCUT2D eigenvalue weighted by Crippen LogP contribution is -2.11. The third-order valence-corrected chi connectivity index (χ3v) is 11.8. The molecule has 0 N–H and O–H groups in total. The summed E-state index contributed by atoms with van der Waals surface area (Å²) in [4.78, 5) is 1.39. The van der Waals surface area contributed by atoms with Gasteiger partial charge in [-0.3, -0.25) is 0 Å². The van der Waals surface area contributed by atoms with Crippen LogP contribution in [0.4, 0.5) is 17.1 Å². The number of benzene rings is 11. The van der Waals surface area contributed by atoms with Crippen LogP contribution in [0.3, 0.4) is 0 Å². The monoisotopic (exact) mass is 797 g/mol. The summed E-state index contributed by atoms with van der Waals surface area (Å²) in [5, 5.41) is 7.44. The van der Waals surface area contributed by atoms with E-state index in [1.165, 1.54) is 4.90 Å². The summed E-state index contributed by atoms with van der Waals surface area (Å²) in [5.41, 5.74) is 5.25. The Morgan fingerprint density at radius 3 is 1.48 bits per heavy atom. The molecule has 0 unspecified atom stereocenters. The molecule has 0 spiro atoms. The number of hydrogen-bond donors (Lipinski definition) is 0. The SMILES string of the molecule is [2H]c1c([2H])c(N(c2ccccc2-c2cccc3c2oc2c4ccccc4ccc32)c2c([2H])c([2H])c(-c3cccc4ccccc34)c([2H])c2[2H])c([2H])c([2H])c1-c1cccc(-c2cccc3ccccc23)c1. The van der Waals surface area contributed by atoms with Gasteiger partial charge in [-0.05, 0) is 103 Å². The Labute approximate surface area is 371 Å². The van der Waals surface area contributed by atoms with Gasteiger partial charge in [0, 0.05) is 38.7 Å². The van der Waals surface area contributed by atoms with Crippen LogP contribution < -0.4 is 4.90 Å². The molecule has 2 nitrogen and oxygen atoms in total. The Hall–Kier alpha value is -8.20. The van der Waals surface area contributed by atoms with Crippen molar-refractivity contribution < 1.29 is 15.4 Å². The average Bonchev–Trinajstić information content (AvgIpc) is 3.79. The van der Waals surface area contributed by atoms with E-state index in [1.54, 1.807) is 24.3 Å². The van der Waals surface area contributed by atoms with Crippen LogP contribution in [0, 0.1) is 0 Å². The number of hydrogen-bond acceptors (Lipinski definition) is 2. The van der Waals surface area contributed by atoms with E-state index in [2.05, 4.69) is 6.07 Å². The molecule has 0 radical (unpaired) electrons. The van der Waals surface area contributed by atoms with Gasteiger partial charge in [-0.2, -0.15) is 0 Å². The largest absolute Gasteiger partial charge is 0.455 e. The summed E-state index contributed by atoms with van der Waals surface area (Å²) in [6.07, 6.45) is 0. The van der Waals surface area contributed by atoms with Gasteiger partial charge in [0.2, 0.25) is 0 Å². The first kappa shape index (κ1) is 28.3. The molecule has 62 heavy (non-hydrogen) atoms. The minimum Gasteiger partial charge on any atom is -0.455 e. The number of para-hydroxylation sites is 2. The Balaban J connectivity index is 1.12. The lowest BCUT2D eigenvalue weighted by atomic mass is 9.95. The quantitative estimate of drug-likeness (QED) is 0.160. The van der Waals surface area contributed by atoms with Crippen molar-refractivity contribution in [2.45, 2.75) is 0 Å². The van der Waals surface area contributed by atoms with Crippen LogP contribution in [0.15, 0.2) is 241 Å². The molecular formula is C60H39NO. The molecule has 12 aromatic rings. The van der Waals surface area contributed by atoms with E-state index < -0.39 is 24.2 Å². The van der Waals surface area contributed by atoms with E-state index in [0.717, 1.165) is 54.2 Å². The molecule has 12 rings (SSSR count). The van der Waals surface area contributed by atoms with Gasteiger partial charge in [-0.1, -0.05) is 194 Å². The molecule has 0 saturated heterocycles. The van der Waals surface area contributed by atoms with Crippen LogP contribution >= 0.6 is 0 Å². The van der Waals surface area contributed by atoms with Crippen LogP contribution in [0.25, 0.3) is 98.8 Å². The number of rotatable bonds is 7. The molecule has 0 atom stereocenters. The Morgan fingerprint density at radius 2 is 0.774 bits per heavy atom. The van der Waals surface area contributed by atoms with Crippen LogP contribution in [0.1, 0.15) is 11.0 Å². The zero-order valence-corrected chi connectivity index (χ0v) is 33.3. The highest BCUT2D eigenvalue weighted by molar-refractivity contribution is 6.17. The average molecular weight is 798 g/mol. The normalized spacial score (nSPS) is 13.4. The maximum Gasteiger partial charge on any atom is 0.143 e. The summed E-state index contributed by atoms with van der Waals surface area (Å²) in [7, 11) is 0. The molecule has 0 amide bonds. The molecule has 1 aromatic heterocycles. The third-order valence-electron chi connectivity index (χ3n) is 11.8. The van der Waals surface area contributed by atoms with E-state index in [4.69, 9.17) is 4.42 Å². The van der Waals surface area contributed by atoms with Crippen molar-refractivity contribution in [2.24, 2.45) is 0 Å². The molecular weight excluding hydrogens is 751 g/mol. The molecule has 0 bridgehead atoms. The summed E-state index contributed by atoms with van der Waals surface area (Å²) in [5.74, 6) is 0. The zero-order chi connectivity index (χ0) is 47.9. The number of fused-ring (bicyclic) bond motifs is 7. The smallest absolute Gasteiger partial charge is 0.143 e. The molecule has 2 heteroatoms.